The first-order valence-corrected chi connectivity index (χ1v) is 11.1. The van der Waals surface area contributed by atoms with Gasteiger partial charge in [-0.25, -0.2) is 4.79 Å². The highest BCUT2D eigenvalue weighted by Crippen LogP contribution is 2.33. The van der Waals surface area contributed by atoms with Crippen LogP contribution < -0.4 is 16.0 Å². The second-order valence-electron chi connectivity index (χ2n) is 7.14. The maximum absolute atomic E-state index is 12.7. The van der Waals surface area contributed by atoms with E-state index in [9.17, 15) is 14.4 Å². The molecule has 3 rings (SSSR count). The standard InChI is InChI=1S/C21H25ClN4O4S/c1-3-30-21(29)17-13(2)18(19(23)28)31-20(17)24-16(27)12-25-7-9-26(10-8-25)15-6-4-5-14(22)11-15/h4-6,11H,3,7-10,12H2,1-2H3,(H2,23,28)(H,24,27). The third kappa shape index (κ3) is 5.55. The Morgan fingerprint density at radius 1 is 1.23 bits per heavy atom. The van der Waals surface area contributed by atoms with Crippen molar-refractivity contribution in [2.45, 2.75) is 13.8 Å². The third-order valence-electron chi connectivity index (χ3n) is 5.02. The van der Waals surface area contributed by atoms with Crippen LogP contribution >= 0.6 is 22.9 Å². The Morgan fingerprint density at radius 3 is 2.55 bits per heavy atom. The summed E-state index contributed by atoms with van der Waals surface area (Å²) in [5.41, 5.74) is 7.06. The number of esters is 1. The van der Waals surface area contributed by atoms with E-state index in [0.717, 1.165) is 30.1 Å². The van der Waals surface area contributed by atoms with Gasteiger partial charge in [-0.15, -0.1) is 11.3 Å². The normalized spacial score (nSPS) is 14.4. The van der Waals surface area contributed by atoms with Crippen LogP contribution in [0, 0.1) is 6.92 Å². The molecule has 1 saturated heterocycles. The van der Waals surface area contributed by atoms with Gasteiger partial charge < -0.3 is 20.7 Å². The zero-order chi connectivity index (χ0) is 22.5. The molecule has 0 radical (unpaired) electrons. The van der Waals surface area contributed by atoms with Gasteiger partial charge in [0.05, 0.1) is 23.6 Å². The van der Waals surface area contributed by atoms with Crippen molar-refractivity contribution in [1.29, 1.82) is 0 Å². The molecule has 0 atom stereocenters. The van der Waals surface area contributed by atoms with E-state index in [1.165, 1.54) is 0 Å². The molecule has 1 aromatic heterocycles. The summed E-state index contributed by atoms with van der Waals surface area (Å²) >= 11 is 7.07. The number of rotatable bonds is 7. The van der Waals surface area contributed by atoms with Crippen LogP contribution in [0.4, 0.5) is 10.7 Å². The number of primary amides is 1. The zero-order valence-corrected chi connectivity index (χ0v) is 19.0. The number of carbonyl (C=O) groups excluding carboxylic acids is 3. The van der Waals surface area contributed by atoms with Gasteiger partial charge in [-0.3, -0.25) is 14.5 Å². The van der Waals surface area contributed by atoms with E-state index in [1.807, 2.05) is 29.2 Å². The summed E-state index contributed by atoms with van der Waals surface area (Å²) in [4.78, 5) is 41.2. The summed E-state index contributed by atoms with van der Waals surface area (Å²) < 4.78 is 5.08. The molecule has 0 aliphatic carbocycles. The van der Waals surface area contributed by atoms with E-state index in [0.29, 0.717) is 23.7 Å². The van der Waals surface area contributed by atoms with Crippen LogP contribution in [0.2, 0.25) is 5.02 Å². The van der Waals surface area contributed by atoms with Crippen molar-refractivity contribution in [3.63, 3.8) is 0 Å². The SMILES string of the molecule is CCOC(=O)c1c(NC(=O)CN2CCN(c3cccc(Cl)c3)CC2)sc(C(N)=O)c1C. The summed E-state index contributed by atoms with van der Waals surface area (Å²) in [6, 6.07) is 7.70. The lowest BCUT2D eigenvalue weighted by Crippen LogP contribution is -2.48. The van der Waals surface area contributed by atoms with Crippen molar-refractivity contribution < 1.29 is 19.1 Å². The van der Waals surface area contributed by atoms with Crippen LogP contribution in [0.15, 0.2) is 24.3 Å². The van der Waals surface area contributed by atoms with Crippen molar-refractivity contribution >= 4 is 51.4 Å². The van der Waals surface area contributed by atoms with Crippen molar-refractivity contribution in [2.75, 3.05) is 49.5 Å². The number of hydrogen-bond acceptors (Lipinski definition) is 7. The molecule has 3 N–H and O–H groups in total. The van der Waals surface area contributed by atoms with Crippen molar-refractivity contribution in [1.82, 2.24) is 4.90 Å². The molecule has 1 aromatic carbocycles. The molecule has 0 bridgehead atoms. The van der Waals surface area contributed by atoms with E-state index in [2.05, 4.69) is 10.2 Å². The number of thiophene rings is 1. The topological polar surface area (TPSA) is 105 Å². The molecule has 166 valence electrons. The van der Waals surface area contributed by atoms with E-state index in [4.69, 9.17) is 22.1 Å². The lowest BCUT2D eigenvalue weighted by atomic mass is 10.1. The van der Waals surface area contributed by atoms with Gasteiger partial charge in [0.25, 0.3) is 5.91 Å². The van der Waals surface area contributed by atoms with Gasteiger partial charge in [0, 0.05) is 36.9 Å². The molecule has 1 fully saturated rings. The van der Waals surface area contributed by atoms with Gasteiger partial charge in [0.15, 0.2) is 0 Å². The Bertz CT molecular complexity index is 986. The monoisotopic (exact) mass is 464 g/mol. The van der Waals surface area contributed by atoms with Crippen molar-refractivity contribution in [3.05, 3.63) is 45.3 Å². The maximum Gasteiger partial charge on any atom is 0.341 e. The van der Waals surface area contributed by atoms with Crippen LogP contribution in [-0.4, -0.2) is 62.0 Å². The van der Waals surface area contributed by atoms with Gasteiger partial charge in [-0.05, 0) is 37.6 Å². The van der Waals surface area contributed by atoms with E-state index in [1.54, 1.807) is 13.8 Å². The Balaban J connectivity index is 1.63. The lowest BCUT2D eigenvalue weighted by Gasteiger charge is -2.35. The van der Waals surface area contributed by atoms with E-state index in [-0.39, 0.29) is 34.5 Å². The highest BCUT2D eigenvalue weighted by Gasteiger charge is 2.26. The molecular formula is C21H25ClN4O4S. The Labute approximate surface area is 189 Å². The summed E-state index contributed by atoms with van der Waals surface area (Å²) in [6.07, 6.45) is 0. The predicted molar refractivity (Wildman–Crippen MR) is 122 cm³/mol. The molecular weight excluding hydrogens is 440 g/mol. The smallest absolute Gasteiger partial charge is 0.341 e. The number of piperazine rings is 1. The van der Waals surface area contributed by atoms with Crippen molar-refractivity contribution in [2.24, 2.45) is 5.73 Å². The minimum absolute atomic E-state index is 0.175. The first kappa shape index (κ1) is 23.1. The second-order valence-corrected chi connectivity index (χ2v) is 8.59. The number of anilines is 2. The minimum atomic E-state index is -0.648. The van der Waals surface area contributed by atoms with E-state index < -0.39 is 11.9 Å². The minimum Gasteiger partial charge on any atom is -0.462 e. The fourth-order valence-corrected chi connectivity index (χ4v) is 4.74. The molecule has 1 aliphatic heterocycles. The number of nitrogens with two attached hydrogens (primary N) is 1. The Kier molecular flexibility index (Phi) is 7.53. The molecule has 0 spiro atoms. The fourth-order valence-electron chi connectivity index (χ4n) is 3.49. The number of carbonyl (C=O) groups is 3. The van der Waals surface area contributed by atoms with Gasteiger partial charge in [0.1, 0.15) is 5.00 Å². The lowest BCUT2D eigenvalue weighted by molar-refractivity contribution is -0.117. The first-order valence-electron chi connectivity index (χ1n) is 9.93. The van der Waals surface area contributed by atoms with Crippen LogP contribution in [0.25, 0.3) is 0 Å². The van der Waals surface area contributed by atoms with Crippen LogP contribution in [0.5, 0.6) is 0 Å². The highest BCUT2D eigenvalue weighted by atomic mass is 35.5. The molecule has 10 heteroatoms. The number of benzene rings is 1. The maximum atomic E-state index is 12.7. The predicted octanol–water partition coefficient (Wildman–Crippen LogP) is 2.75. The summed E-state index contributed by atoms with van der Waals surface area (Å²) in [6.45, 7) is 6.63. The molecule has 0 saturated carbocycles. The average molecular weight is 465 g/mol. The molecule has 0 unspecified atom stereocenters. The molecule has 2 amide bonds. The van der Waals surface area contributed by atoms with Crippen molar-refractivity contribution in [3.8, 4) is 0 Å². The van der Waals surface area contributed by atoms with Gasteiger partial charge in [0.2, 0.25) is 5.91 Å². The number of hydrogen-bond donors (Lipinski definition) is 2. The second kappa shape index (κ2) is 10.1. The number of ether oxygens (including phenoxy) is 1. The van der Waals surface area contributed by atoms with Crippen LogP contribution in [-0.2, 0) is 9.53 Å². The van der Waals surface area contributed by atoms with Gasteiger partial charge in [-0.2, -0.15) is 0 Å². The Hall–Kier alpha value is -2.62. The summed E-state index contributed by atoms with van der Waals surface area (Å²) in [5, 5.41) is 3.74. The zero-order valence-electron chi connectivity index (χ0n) is 17.4. The third-order valence-corrected chi connectivity index (χ3v) is 6.47. The molecule has 1 aliphatic rings. The van der Waals surface area contributed by atoms with Crippen LogP contribution in [0.3, 0.4) is 0 Å². The number of nitrogens with zero attached hydrogens (tertiary/aromatic N) is 2. The number of halogens is 1. The largest absolute Gasteiger partial charge is 0.462 e. The summed E-state index contributed by atoms with van der Waals surface area (Å²) in [5.74, 6) is -1.50. The molecule has 2 heterocycles. The molecule has 2 aromatic rings. The first-order chi connectivity index (χ1) is 14.8. The summed E-state index contributed by atoms with van der Waals surface area (Å²) in [7, 11) is 0. The van der Waals surface area contributed by atoms with E-state index >= 15 is 0 Å². The molecule has 8 nitrogen and oxygen atoms in total. The number of nitrogens with one attached hydrogen (secondary N) is 1. The van der Waals surface area contributed by atoms with Crippen LogP contribution in [0.1, 0.15) is 32.5 Å². The quantitative estimate of drug-likeness (QED) is 0.610. The average Bonchev–Trinajstić information content (AvgIpc) is 3.04. The highest BCUT2D eigenvalue weighted by molar-refractivity contribution is 7.18. The Morgan fingerprint density at radius 2 is 1.94 bits per heavy atom. The van der Waals surface area contributed by atoms with Gasteiger partial charge >= 0.3 is 5.97 Å². The van der Waals surface area contributed by atoms with Gasteiger partial charge in [-0.1, -0.05) is 17.7 Å². The fraction of sp³-hybridized carbons (Fsp3) is 0.381. The number of amides is 2. The molecule has 31 heavy (non-hydrogen) atoms.